The number of rotatable bonds is 4. The maximum Gasteiger partial charge on any atom is 0.266 e. The van der Waals surface area contributed by atoms with Gasteiger partial charge in [-0.15, -0.1) is 0 Å². The van der Waals surface area contributed by atoms with Crippen LogP contribution in [0.1, 0.15) is 20.7 Å². The van der Waals surface area contributed by atoms with E-state index in [2.05, 4.69) is 4.72 Å². The molecule has 1 N–H and O–H groups in total. The number of anilines is 2. The van der Waals surface area contributed by atoms with Crippen LogP contribution >= 0.6 is 11.6 Å². The number of imide groups is 1. The van der Waals surface area contributed by atoms with E-state index in [0.29, 0.717) is 27.5 Å². The molecule has 2 amide bonds. The van der Waals surface area contributed by atoms with Crippen LogP contribution < -0.4 is 9.62 Å². The fourth-order valence-electron chi connectivity index (χ4n) is 2.93. The number of amides is 2. The number of fused-ring (bicyclic) bond motifs is 1. The molecule has 3 aromatic rings. The predicted molar refractivity (Wildman–Crippen MR) is 106 cm³/mol. The van der Waals surface area contributed by atoms with Crippen LogP contribution in [0.4, 0.5) is 11.4 Å². The molecule has 0 radical (unpaired) electrons. The minimum Gasteiger partial charge on any atom is -0.280 e. The summed E-state index contributed by atoms with van der Waals surface area (Å²) in [5.41, 5.74) is 1.33. The second-order valence-corrected chi connectivity index (χ2v) is 8.22. The van der Waals surface area contributed by atoms with Gasteiger partial charge >= 0.3 is 0 Å². The minimum atomic E-state index is -3.83. The van der Waals surface area contributed by atoms with Gasteiger partial charge in [0.2, 0.25) is 0 Å². The molecule has 0 saturated heterocycles. The summed E-state index contributed by atoms with van der Waals surface area (Å²) in [5.74, 6) is -0.869. The van der Waals surface area contributed by atoms with Crippen molar-refractivity contribution >= 4 is 44.8 Å². The maximum atomic E-state index is 12.5. The van der Waals surface area contributed by atoms with Crippen LogP contribution in [0.25, 0.3) is 0 Å². The second-order valence-electron chi connectivity index (χ2n) is 6.10. The zero-order chi connectivity index (χ0) is 19.9. The highest BCUT2D eigenvalue weighted by Crippen LogP contribution is 2.29. The Morgan fingerprint density at radius 3 is 1.82 bits per heavy atom. The molecule has 0 aromatic heterocycles. The molecule has 1 aliphatic heterocycles. The lowest BCUT2D eigenvalue weighted by atomic mass is 10.1. The first kappa shape index (κ1) is 18.2. The number of nitrogens with one attached hydrogen (secondary N) is 1. The van der Waals surface area contributed by atoms with Gasteiger partial charge in [-0.1, -0.05) is 23.7 Å². The molecule has 8 heteroatoms. The van der Waals surface area contributed by atoms with Crippen molar-refractivity contribution in [2.75, 3.05) is 9.62 Å². The fraction of sp³-hybridized carbons (Fsp3) is 0. The minimum absolute atomic E-state index is 0.00260. The van der Waals surface area contributed by atoms with Crippen molar-refractivity contribution in [1.29, 1.82) is 0 Å². The van der Waals surface area contributed by atoms with Gasteiger partial charge in [-0.05, 0) is 60.7 Å². The van der Waals surface area contributed by atoms with E-state index >= 15 is 0 Å². The molecule has 3 aromatic carbocycles. The first-order valence-corrected chi connectivity index (χ1v) is 10.1. The maximum absolute atomic E-state index is 12.5. The smallest absolute Gasteiger partial charge is 0.266 e. The first-order valence-electron chi connectivity index (χ1n) is 8.23. The third-order valence-corrected chi connectivity index (χ3v) is 5.94. The fourth-order valence-corrected chi connectivity index (χ4v) is 4.11. The summed E-state index contributed by atoms with van der Waals surface area (Å²) in [6, 6.07) is 18.3. The Morgan fingerprint density at radius 2 is 1.29 bits per heavy atom. The van der Waals surface area contributed by atoms with Crippen LogP contribution in [0, 0.1) is 0 Å². The normalized spacial score (nSPS) is 13.5. The van der Waals surface area contributed by atoms with E-state index in [-0.39, 0.29) is 4.90 Å². The molecule has 4 rings (SSSR count). The zero-order valence-corrected chi connectivity index (χ0v) is 15.9. The van der Waals surface area contributed by atoms with Crippen LogP contribution in [0.3, 0.4) is 0 Å². The highest BCUT2D eigenvalue weighted by atomic mass is 35.5. The average molecular weight is 413 g/mol. The van der Waals surface area contributed by atoms with Crippen LogP contribution in [0.5, 0.6) is 0 Å². The largest absolute Gasteiger partial charge is 0.280 e. The lowest BCUT2D eigenvalue weighted by molar-refractivity contribution is 0.0926. The number of hydrogen-bond acceptors (Lipinski definition) is 4. The van der Waals surface area contributed by atoms with Gasteiger partial charge in [-0.25, -0.2) is 13.3 Å². The number of benzene rings is 3. The Kier molecular flexibility index (Phi) is 4.41. The lowest BCUT2D eigenvalue weighted by Crippen LogP contribution is -2.29. The highest BCUT2D eigenvalue weighted by Gasteiger charge is 2.36. The van der Waals surface area contributed by atoms with Gasteiger partial charge in [0.05, 0.1) is 21.7 Å². The SMILES string of the molecule is O=C1c2ccccc2C(=O)N1c1ccc(S(=O)(=O)Nc2ccc(Cl)cc2)cc1. The van der Waals surface area contributed by atoms with Crippen molar-refractivity contribution in [3.8, 4) is 0 Å². The quantitative estimate of drug-likeness (QED) is 0.658. The molecule has 0 bridgehead atoms. The molecule has 0 saturated carbocycles. The van der Waals surface area contributed by atoms with Gasteiger partial charge in [0.1, 0.15) is 0 Å². The van der Waals surface area contributed by atoms with E-state index in [9.17, 15) is 18.0 Å². The number of hydrogen-bond donors (Lipinski definition) is 1. The van der Waals surface area contributed by atoms with Gasteiger partial charge in [0.15, 0.2) is 0 Å². The topological polar surface area (TPSA) is 83.6 Å². The summed E-state index contributed by atoms with van der Waals surface area (Å²) in [7, 11) is -3.83. The molecule has 1 aliphatic rings. The third kappa shape index (κ3) is 3.15. The number of carbonyl (C=O) groups is 2. The van der Waals surface area contributed by atoms with Gasteiger partial charge in [-0.3, -0.25) is 14.3 Å². The summed E-state index contributed by atoms with van der Waals surface area (Å²) >= 11 is 5.80. The monoisotopic (exact) mass is 412 g/mol. The molecule has 0 aliphatic carbocycles. The highest BCUT2D eigenvalue weighted by molar-refractivity contribution is 7.92. The molecule has 0 fully saturated rings. The lowest BCUT2D eigenvalue weighted by Gasteiger charge is -2.15. The van der Waals surface area contributed by atoms with E-state index in [1.165, 1.54) is 24.3 Å². The van der Waals surface area contributed by atoms with Crippen molar-refractivity contribution in [2.24, 2.45) is 0 Å². The van der Waals surface area contributed by atoms with Crippen molar-refractivity contribution in [1.82, 2.24) is 0 Å². The number of carbonyl (C=O) groups excluding carboxylic acids is 2. The molecule has 0 spiro atoms. The van der Waals surface area contributed by atoms with Crippen molar-refractivity contribution < 1.29 is 18.0 Å². The molecule has 0 atom stereocenters. The van der Waals surface area contributed by atoms with Crippen LogP contribution in [0.15, 0.2) is 77.7 Å². The van der Waals surface area contributed by atoms with E-state index in [1.54, 1.807) is 48.5 Å². The summed E-state index contributed by atoms with van der Waals surface area (Å²) in [4.78, 5) is 26.1. The van der Waals surface area contributed by atoms with E-state index in [4.69, 9.17) is 11.6 Å². The standard InChI is InChI=1S/C20H13ClN2O4S/c21-13-5-7-14(8-6-13)22-28(26,27)16-11-9-15(10-12-16)23-19(24)17-3-1-2-4-18(17)20(23)25/h1-12,22H. The van der Waals surface area contributed by atoms with E-state index < -0.39 is 21.8 Å². The first-order chi connectivity index (χ1) is 13.4. The number of sulfonamides is 1. The Balaban J connectivity index is 1.60. The third-order valence-electron chi connectivity index (χ3n) is 4.30. The Hall–Kier alpha value is -3.16. The van der Waals surface area contributed by atoms with Gasteiger partial charge in [-0.2, -0.15) is 0 Å². The Bertz CT molecular complexity index is 1150. The Labute approximate surface area is 166 Å². The molecule has 28 heavy (non-hydrogen) atoms. The Morgan fingerprint density at radius 1 is 0.750 bits per heavy atom. The molecule has 6 nitrogen and oxygen atoms in total. The zero-order valence-electron chi connectivity index (χ0n) is 14.3. The van der Waals surface area contributed by atoms with Crippen molar-refractivity contribution in [3.05, 3.63) is 88.9 Å². The average Bonchev–Trinajstić information content (AvgIpc) is 2.95. The molecule has 0 unspecified atom stereocenters. The van der Waals surface area contributed by atoms with Gasteiger partial charge < -0.3 is 0 Å². The predicted octanol–water partition coefficient (Wildman–Crippen LogP) is 3.94. The van der Waals surface area contributed by atoms with E-state index in [0.717, 1.165) is 4.90 Å². The molecule has 1 heterocycles. The summed E-state index contributed by atoms with van der Waals surface area (Å²) in [5, 5.41) is 0.494. The van der Waals surface area contributed by atoms with Crippen molar-refractivity contribution in [2.45, 2.75) is 4.90 Å². The summed E-state index contributed by atoms with van der Waals surface area (Å²) < 4.78 is 27.5. The summed E-state index contributed by atoms with van der Waals surface area (Å²) in [6.45, 7) is 0. The van der Waals surface area contributed by atoms with Crippen LogP contribution in [-0.4, -0.2) is 20.2 Å². The molecule has 140 valence electrons. The second kappa shape index (κ2) is 6.78. The van der Waals surface area contributed by atoms with Crippen LogP contribution in [0.2, 0.25) is 5.02 Å². The van der Waals surface area contributed by atoms with Crippen LogP contribution in [-0.2, 0) is 10.0 Å². The van der Waals surface area contributed by atoms with Gasteiger partial charge in [0, 0.05) is 10.7 Å². The summed E-state index contributed by atoms with van der Waals surface area (Å²) in [6.07, 6.45) is 0. The number of halogens is 1. The van der Waals surface area contributed by atoms with Gasteiger partial charge in [0.25, 0.3) is 21.8 Å². The molecular formula is C20H13ClN2O4S. The van der Waals surface area contributed by atoms with E-state index in [1.807, 2.05) is 0 Å². The number of nitrogens with zero attached hydrogens (tertiary/aromatic N) is 1. The van der Waals surface area contributed by atoms with Crippen molar-refractivity contribution in [3.63, 3.8) is 0 Å². The molecular weight excluding hydrogens is 400 g/mol.